The highest BCUT2D eigenvalue weighted by molar-refractivity contribution is 5.91. The number of para-hydroxylation sites is 2. The quantitative estimate of drug-likeness (QED) is 0.463. The molecule has 2 heterocycles. The second-order valence-corrected chi connectivity index (χ2v) is 8.45. The molecule has 0 atom stereocenters. The Morgan fingerprint density at radius 1 is 1.06 bits per heavy atom. The molecule has 6 nitrogen and oxygen atoms in total. The Balaban J connectivity index is 1.45. The van der Waals surface area contributed by atoms with Gasteiger partial charge in [0.15, 0.2) is 5.76 Å². The Morgan fingerprint density at radius 3 is 2.55 bits per heavy atom. The summed E-state index contributed by atoms with van der Waals surface area (Å²) in [4.78, 5) is 16.9. The maximum Gasteiger partial charge on any atom is 0.287 e. The zero-order valence-electron chi connectivity index (χ0n) is 18.1. The molecule has 4 rings (SSSR count). The Labute approximate surface area is 181 Å². The molecule has 4 aromatic rings. The summed E-state index contributed by atoms with van der Waals surface area (Å²) in [5.41, 5.74) is 3.29. The number of ether oxygens (including phenoxy) is 1. The van der Waals surface area contributed by atoms with E-state index in [1.54, 1.807) is 12.1 Å². The molecule has 160 valence electrons. The summed E-state index contributed by atoms with van der Waals surface area (Å²) in [6.45, 7) is 7.99. The van der Waals surface area contributed by atoms with Crippen molar-refractivity contribution in [2.24, 2.45) is 0 Å². The third-order valence-corrected chi connectivity index (χ3v) is 5.19. The van der Waals surface area contributed by atoms with E-state index in [4.69, 9.17) is 14.1 Å². The number of amides is 1. The van der Waals surface area contributed by atoms with Crippen LogP contribution < -0.4 is 10.1 Å². The normalized spacial score (nSPS) is 11.6. The summed E-state index contributed by atoms with van der Waals surface area (Å²) in [7, 11) is 0. The maximum atomic E-state index is 12.2. The van der Waals surface area contributed by atoms with Crippen molar-refractivity contribution in [3.05, 3.63) is 84.1 Å². The van der Waals surface area contributed by atoms with E-state index in [0.29, 0.717) is 19.7 Å². The molecule has 0 aliphatic rings. The molecule has 0 aliphatic carbocycles. The first-order valence-electron chi connectivity index (χ1n) is 10.4. The first-order valence-corrected chi connectivity index (χ1v) is 10.4. The monoisotopic (exact) mass is 417 g/mol. The minimum atomic E-state index is -0.265. The van der Waals surface area contributed by atoms with Gasteiger partial charge in [-0.2, -0.15) is 0 Å². The average Bonchev–Trinajstić information content (AvgIpc) is 3.40. The summed E-state index contributed by atoms with van der Waals surface area (Å²) in [6.07, 6.45) is 1.48. The minimum absolute atomic E-state index is 0.114. The van der Waals surface area contributed by atoms with E-state index in [1.807, 2.05) is 36.4 Å². The molecule has 2 aromatic heterocycles. The van der Waals surface area contributed by atoms with Crippen LogP contribution in [0.2, 0.25) is 0 Å². The molecule has 1 amide bonds. The molecule has 2 aromatic carbocycles. The van der Waals surface area contributed by atoms with E-state index in [2.05, 4.69) is 42.8 Å². The maximum absolute atomic E-state index is 12.2. The molecule has 6 heteroatoms. The Bertz CT molecular complexity index is 1150. The van der Waals surface area contributed by atoms with Crippen LogP contribution in [-0.2, 0) is 18.5 Å². The van der Waals surface area contributed by atoms with E-state index in [1.165, 1.54) is 11.8 Å². The van der Waals surface area contributed by atoms with Gasteiger partial charge in [0.2, 0.25) is 0 Å². The number of furan rings is 1. The average molecular weight is 418 g/mol. The van der Waals surface area contributed by atoms with Crippen LogP contribution in [0.15, 0.2) is 71.3 Å². The number of imidazole rings is 1. The first-order chi connectivity index (χ1) is 14.9. The van der Waals surface area contributed by atoms with Gasteiger partial charge in [0.25, 0.3) is 5.91 Å². The van der Waals surface area contributed by atoms with Crippen LogP contribution in [0, 0.1) is 0 Å². The summed E-state index contributed by atoms with van der Waals surface area (Å²) in [5, 5.41) is 2.87. The zero-order valence-corrected chi connectivity index (χ0v) is 18.1. The molecule has 0 aliphatic heterocycles. The molecule has 31 heavy (non-hydrogen) atoms. The summed E-state index contributed by atoms with van der Waals surface area (Å²) in [6, 6.07) is 19.5. The smallest absolute Gasteiger partial charge is 0.287 e. The fraction of sp³-hybridized carbons (Fsp3) is 0.280. The Morgan fingerprint density at radius 2 is 1.84 bits per heavy atom. The zero-order chi connectivity index (χ0) is 21.8. The predicted octanol–water partition coefficient (Wildman–Crippen LogP) is 4.94. The molecule has 0 radical (unpaired) electrons. The van der Waals surface area contributed by atoms with Crippen molar-refractivity contribution in [1.82, 2.24) is 14.9 Å². The number of rotatable bonds is 7. The lowest BCUT2D eigenvalue weighted by Gasteiger charge is -2.19. The van der Waals surface area contributed by atoms with Crippen LogP contribution >= 0.6 is 0 Å². The van der Waals surface area contributed by atoms with Gasteiger partial charge in [-0.15, -0.1) is 0 Å². The van der Waals surface area contributed by atoms with Crippen molar-refractivity contribution >= 4 is 16.9 Å². The standard InChI is InChI=1S/C25H27N3O3/c1-25(2,3)18-10-12-19(13-11-18)30-16-14-28-21-8-5-4-7-20(21)27-23(28)17-26-24(29)22-9-6-15-31-22/h4-13,15H,14,16-17H2,1-3H3,(H,26,29). The number of hydrogen-bond acceptors (Lipinski definition) is 4. The molecule has 1 N–H and O–H groups in total. The number of carbonyl (C=O) groups excluding carboxylic acids is 1. The molecule has 0 bridgehead atoms. The van der Waals surface area contributed by atoms with Gasteiger partial charge in [0.05, 0.1) is 30.4 Å². The lowest BCUT2D eigenvalue weighted by atomic mass is 9.87. The van der Waals surface area contributed by atoms with Gasteiger partial charge in [-0.05, 0) is 47.4 Å². The molecule has 0 spiro atoms. The van der Waals surface area contributed by atoms with Crippen LogP contribution in [-0.4, -0.2) is 22.1 Å². The van der Waals surface area contributed by atoms with E-state index >= 15 is 0 Å². The SMILES string of the molecule is CC(C)(C)c1ccc(OCCn2c(CNC(=O)c3ccco3)nc3ccccc32)cc1. The number of nitrogens with zero attached hydrogens (tertiary/aromatic N) is 2. The fourth-order valence-electron chi connectivity index (χ4n) is 3.47. The number of hydrogen-bond donors (Lipinski definition) is 1. The first kappa shape index (κ1) is 20.7. The van der Waals surface area contributed by atoms with Gasteiger partial charge in [0, 0.05) is 0 Å². The van der Waals surface area contributed by atoms with Gasteiger partial charge in [0.1, 0.15) is 18.2 Å². The van der Waals surface area contributed by atoms with E-state index in [9.17, 15) is 4.79 Å². The number of nitrogens with one attached hydrogen (secondary N) is 1. The van der Waals surface area contributed by atoms with Gasteiger partial charge < -0.3 is 19.0 Å². The summed E-state index contributed by atoms with van der Waals surface area (Å²) < 4.78 is 13.2. The second kappa shape index (κ2) is 8.68. The lowest BCUT2D eigenvalue weighted by molar-refractivity contribution is 0.0921. The van der Waals surface area contributed by atoms with Crippen molar-refractivity contribution < 1.29 is 13.9 Å². The van der Waals surface area contributed by atoms with E-state index < -0.39 is 0 Å². The molecule has 0 saturated heterocycles. The minimum Gasteiger partial charge on any atom is -0.492 e. The third-order valence-electron chi connectivity index (χ3n) is 5.19. The molecule has 0 saturated carbocycles. The van der Waals surface area contributed by atoms with Crippen molar-refractivity contribution in [3.63, 3.8) is 0 Å². The van der Waals surface area contributed by atoms with Crippen LogP contribution in [0.4, 0.5) is 0 Å². The topological polar surface area (TPSA) is 69.3 Å². The lowest BCUT2D eigenvalue weighted by Crippen LogP contribution is -2.25. The highest BCUT2D eigenvalue weighted by Gasteiger charge is 2.15. The van der Waals surface area contributed by atoms with Crippen LogP contribution in [0.25, 0.3) is 11.0 Å². The number of benzene rings is 2. The molecule has 0 fully saturated rings. The number of carbonyl (C=O) groups is 1. The van der Waals surface area contributed by atoms with Gasteiger partial charge >= 0.3 is 0 Å². The van der Waals surface area contributed by atoms with Crippen LogP contribution in [0.1, 0.15) is 42.7 Å². The Kier molecular flexibility index (Phi) is 5.80. The van der Waals surface area contributed by atoms with Crippen LogP contribution in [0.5, 0.6) is 5.75 Å². The highest BCUT2D eigenvalue weighted by Crippen LogP contribution is 2.24. The third kappa shape index (κ3) is 4.79. The van der Waals surface area contributed by atoms with Crippen molar-refractivity contribution in [3.8, 4) is 5.75 Å². The van der Waals surface area contributed by atoms with E-state index in [0.717, 1.165) is 22.6 Å². The van der Waals surface area contributed by atoms with Crippen molar-refractivity contribution in [2.45, 2.75) is 39.3 Å². The molecule has 0 unspecified atom stereocenters. The fourth-order valence-corrected chi connectivity index (χ4v) is 3.47. The summed E-state index contributed by atoms with van der Waals surface area (Å²) >= 11 is 0. The van der Waals surface area contributed by atoms with Crippen molar-refractivity contribution in [1.29, 1.82) is 0 Å². The van der Waals surface area contributed by atoms with Gasteiger partial charge in [-0.1, -0.05) is 45.0 Å². The Hall–Kier alpha value is -3.54. The van der Waals surface area contributed by atoms with Gasteiger partial charge in [-0.3, -0.25) is 4.79 Å². The summed E-state index contributed by atoms with van der Waals surface area (Å²) in [5.74, 6) is 1.63. The number of fused-ring (bicyclic) bond motifs is 1. The number of aromatic nitrogens is 2. The second-order valence-electron chi connectivity index (χ2n) is 8.45. The highest BCUT2D eigenvalue weighted by atomic mass is 16.5. The van der Waals surface area contributed by atoms with Crippen molar-refractivity contribution in [2.75, 3.05) is 6.61 Å². The predicted molar refractivity (Wildman–Crippen MR) is 120 cm³/mol. The molecular weight excluding hydrogens is 390 g/mol. The molecular formula is C25H27N3O3. The van der Waals surface area contributed by atoms with Crippen LogP contribution in [0.3, 0.4) is 0 Å². The largest absolute Gasteiger partial charge is 0.492 e. The van der Waals surface area contributed by atoms with E-state index in [-0.39, 0.29) is 17.1 Å². The van der Waals surface area contributed by atoms with Gasteiger partial charge in [-0.25, -0.2) is 4.98 Å².